The second-order valence-electron chi connectivity index (χ2n) is 5.92. The van der Waals surface area contributed by atoms with Gasteiger partial charge in [0.1, 0.15) is 22.8 Å². The zero-order valence-corrected chi connectivity index (χ0v) is 14.7. The zero-order chi connectivity index (χ0) is 17.9. The molecule has 0 unspecified atom stereocenters. The standard InChI is InChI=1S/C21H19N3O2/c1-25-16-10-11-17(19(13-16)26-2)20-23-18-9-6-12-22-21(18)24(20)14-15-7-4-3-5-8-15/h3-13H,14H2,1-2H3. The van der Waals surface area contributed by atoms with Gasteiger partial charge in [-0.2, -0.15) is 0 Å². The van der Waals surface area contributed by atoms with Crippen LogP contribution >= 0.6 is 0 Å². The average Bonchev–Trinajstić information content (AvgIpc) is 3.06. The van der Waals surface area contributed by atoms with Gasteiger partial charge in [0, 0.05) is 12.3 Å². The fourth-order valence-electron chi connectivity index (χ4n) is 3.06. The van der Waals surface area contributed by atoms with E-state index in [-0.39, 0.29) is 0 Å². The molecular weight excluding hydrogens is 326 g/mol. The molecule has 0 fully saturated rings. The lowest BCUT2D eigenvalue weighted by Gasteiger charge is -2.13. The van der Waals surface area contributed by atoms with Crippen LogP contribution in [0.3, 0.4) is 0 Å². The fraction of sp³-hybridized carbons (Fsp3) is 0.143. The van der Waals surface area contributed by atoms with E-state index in [9.17, 15) is 0 Å². The van der Waals surface area contributed by atoms with E-state index in [1.54, 1.807) is 20.4 Å². The fourth-order valence-corrected chi connectivity index (χ4v) is 3.06. The third-order valence-electron chi connectivity index (χ3n) is 4.34. The van der Waals surface area contributed by atoms with Gasteiger partial charge in [-0.15, -0.1) is 0 Å². The number of aromatic nitrogens is 3. The number of rotatable bonds is 5. The van der Waals surface area contributed by atoms with Gasteiger partial charge in [0.25, 0.3) is 0 Å². The number of hydrogen-bond acceptors (Lipinski definition) is 4. The maximum absolute atomic E-state index is 5.59. The van der Waals surface area contributed by atoms with E-state index in [0.717, 1.165) is 28.3 Å². The van der Waals surface area contributed by atoms with Crippen LogP contribution in [0.25, 0.3) is 22.6 Å². The normalized spacial score (nSPS) is 10.8. The minimum Gasteiger partial charge on any atom is -0.497 e. The molecule has 0 amide bonds. The quantitative estimate of drug-likeness (QED) is 0.545. The molecular formula is C21H19N3O2. The summed E-state index contributed by atoms with van der Waals surface area (Å²) < 4.78 is 13.0. The lowest BCUT2D eigenvalue weighted by molar-refractivity contribution is 0.395. The Balaban J connectivity index is 1.91. The molecule has 130 valence electrons. The van der Waals surface area contributed by atoms with Crippen molar-refractivity contribution in [3.8, 4) is 22.9 Å². The molecule has 4 aromatic rings. The van der Waals surface area contributed by atoms with Gasteiger partial charge in [-0.25, -0.2) is 9.97 Å². The Kier molecular flexibility index (Phi) is 4.27. The third kappa shape index (κ3) is 2.88. The first-order chi connectivity index (χ1) is 12.8. The van der Waals surface area contributed by atoms with Crippen molar-refractivity contribution in [2.75, 3.05) is 14.2 Å². The summed E-state index contributed by atoms with van der Waals surface area (Å²) in [5.41, 5.74) is 3.80. The highest BCUT2D eigenvalue weighted by molar-refractivity contribution is 5.79. The van der Waals surface area contributed by atoms with Gasteiger partial charge >= 0.3 is 0 Å². The molecule has 0 saturated heterocycles. The third-order valence-corrected chi connectivity index (χ3v) is 4.34. The van der Waals surface area contributed by atoms with Crippen molar-refractivity contribution in [3.63, 3.8) is 0 Å². The van der Waals surface area contributed by atoms with E-state index in [1.165, 1.54) is 5.56 Å². The summed E-state index contributed by atoms with van der Waals surface area (Å²) in [6, 6.07) is 19.9. The van der Waals surface area contributed by atoms with E-state index < -0.39 is 0 Å². The molecule has 0 aliphatic carbocycles. The van der Waals surface area contributed by atoms with Crippen LogP contribution in [0.5, 0.6) is 11.5 Å². The van der Waals surface area contributed by atoms with Crippen molar-refractivity contribution in [3.05, 3.63) is 72.4 Å². The Morgan fingerprint density at radius 2 is 1.77 bits per heavy atom. The van der Waals surface area contributed by atoms with Crippen LogP contribution in [-0.4, -0.2) is 28.8 Å². The number of hydrogen-bond donors (Lipinski definition) is 0. The molecule has 0 radical (unpaired) electrons. The molecule has 0 saturated carbocycles. The molecule has 4 rings (SSSR count). The van der Waals surface area contributed by atoms with Crippen molar-refractivity contribution >= 4 is 11.2 Å². The van der Waals surface area contributed by atoms with Gasteiger partial charge in [0.05, 0.1) is 26.3 Å². The first kappa shape index (κ1) is 16.1. The second-order valence-corrected chi connectivity index (χ2v) is 5.92. The van der Waals surface area contributed by atoms with Crippen molar-refractivity contribution in [2.45, 2.75) is 6.54 Å². The lowest BCUT2D eigenvalue weighted by Crippen LogP contribution is -2.04. The molecule has 0 N–H and O–H groups in total. The maximum atomic E-state index is 5.59. The Labute approximate surface area is 151 Å². The van der Waals surface area contributed by atoms with Crippen molar-refractivity contribution in [1.82, 2.24) is 14.5 Å². The highest BCUT2D eigenvalue weighted by atomic mass is 16.5. The van der Waals surface area contributed by atoms with Crippen LogP contribution < -0.4 is 9.47 Å². The van der Waals surface area contributed by atoms with E-state index in [2.05, 4.69) is 21.7 Å². The topological polar surface area (TPSA) is 49.2 Å². The van der Waals surface area contributed by atoms with Gasteiger partial charge in [-0.05, 0) is 29.8 Å². The van der Waals surface area contributed by atoms with Crippen molar-refractivity contribution in [2.24, 2.45) is 0 Å². The average molecular weight is 345 g/mol. The number of nitrogens with zero attached hydrogens (tertiary/aromatic N) is 3. The summed E-state index contributed by atoms with van der Waals surface area (Å²) in [6.45, 7) is 0.679. The van der Waals surface area contributed by atoms with Crippen LogP contribution in [0, 0.1) is 0 Å². The summed E-state index contributed by atoms with van der Waals surface area (Å²) in [4.78, 5) is 9.37. The van der Waals surface area contributed by atoms with Gasteiger partial charge in [0.2, 0.25) is 0 Å². The molecule has 0 aliphatic rings. The molecule has 2 aromatic carbocycles. The molecule has 0 aliphatic heterocycles. The predicted molar refractivity (Wildman–Crippen MR) is 102 cm³/mol. The van der Waals surface area contributed by atoms with E-state index >= 15 is 0 Å². The summed E-state index contributed by atoms with van der Waals surface area (Å²) in [5, 5.41) is 0. The van der Waals surface area contributed by atoms with Crippen LogP contribution in [0.4, 0.5) is 0 Å². The Bertz CT molecular complexity index is 1040. The highest BCUT2D eigenvalue weighted by Crippen LogP contribution is 2.34. The molecule has 0 atom stereocenters. The van der Waals surface area contributed by atoms with Crippen LogP contribution in [0.1, 0.15) is 5.56 Å². The zero-order valence-electron chi connectivity index (χ0n) is 14.7. The molecule has 0 bridgehead atoms. The summed E-state index contributed by atoms with van der Waals surface area (Å²) in [7, 11) is 3.30. The minimum atomic E-state index is 0.679. The van der Waals surface area contributed by atoms with Crippen LogP contribution in [-0.2, 0) is 6.54 Å². The number of benzene rings is 2. The summed E-state index contributed by atoms with van der Waals surface area (Å²) in [5.74, 6) is 2.28. The Hall–Kier alpha value is -3.34. The largest absolute Gasteiger partial charge is 0.497 e. The first-order valence-corrected chi connectivity index (χ1v) is 8.37. The maximum Gasteiger partial charge on any atom is 0.160 e. The minimum absolute atomic E-state index is 0.679. The van der Waals surface area contributed by atoms with Crippen molar-refractivity contribution in [1.29, 1.82) is 0 Å². The van der Waals surface area contributed by atoms with Crippen LogP contribution in [0.2, 0.25) is 0 Å². The SMILES string of the molecule is COc1ccc(-c2nc3cccnc3n2Cc2ccccc2)c(OC)c1. The number of fused-ring (bicyclic) bond motifs is 1. The molecule has 2 heterocycles. The number of methoxy groups -OCH3 is 2. The predicted octanol–water partition coefficient (Wildman–Crippen LogP) is 4.16. The van der Waals surface area contributed by atoms with Gasteiger partial charge in [-0.1, -0.05) is 30.3 Å². The number of ether oxygens (including phenoxy) is 2. The summed E-state index contributed by atoms with van der Waals surface area (Å²) >= 11 is 0. The molecule has 5 nitrogen and oxygen atoms in total. The second kappa shape index (κ2) is 6.88. The molecule has 2 aromatic heterocycles. The summed E-state index contributed by atoms with van der Waals surface area (Å²) in [6.07, 6.45) is 1.79. The van der Waals surface area contributed by atoms with E-state index in [1.807, 2.05) is 48.5 Å². The van der Waals surface area contributed by atoms with E-state index in [4.69, 9.17) is 14.5 Å². The molecule has 26 heavy (non-hydrogen) atoms. The Morgan fingerprint density at radius 3 is 2.54 bits per heavy atom. The van der Waals surface area contributed by atoms with Crippen LogP contribution in [0.15, 0.2) is 66.9 Å². The first-order valence-electron chi connectivity index (χ1n) is 8.37. The van der Waals surface area contributed by atoms with Gasteiger partial charge < -0.3 is 14.0 Å². The number of imidazole rings is 1. The smallest absolute Gasteiger partial charge is 0.160 e. The van der Waals surface area contributed by atoms with Gasteiger partial charge in [0.15, 0.2) is 5.65 Å². The Morgan fingerprint density at radius 1 is 0.923 bits per heavy atom. The lowest BCUT2D eigenvalue weighted by atomic mass is 10.1. The van der Waals surface area contributed by atoms with E-state index in [0.29, 0.717) is 12.3 Å². The highest BCUT2D eigenvalue weighted by Gasteiger charge is 2.17. The van der Waals surface area contributed by atoms with Crippen molar-refractivity contribution < 1.29 is 9.47 Å². The van der Waals surface area contributed by atoms with Gasteiger partial charge in [-0.3, -0.25) is 0 Å². The molecule has 5 heteroatoms. The monoisotopic (exact) mass is 345 g/mol. The molecule has 0 spiro atoms. The number of pyridine rings is 1.